The number of aryl methyl sites for hydroxylation is 1. The number of hydrogen-bond donors (Lipinski definition) is 2. The average molecular weight is 461 g/mol. The number of carbonyl (C=O) groups is 1. The fourth-order valence-electron chi connectivity index (χ4n) is 3.31. The van der Waals surface area contributed by atoms with Crippen LogP contribution in [-0.2, 0) is 5.41 Å². The molecule has 0 spiro atoms. The number of ether oxygens (including phenoxy) is 1. The maximum absolute atomic E-state index is 13.0. The van der Waals surface area contributed by atoms with Gasteiger partial charge in [-0.1, -0.05) is 74.9 Å². The highest BCUT2D eigenvalue weighted by Crippen LogP contribution is 2.23. The van der Waals surface area contributed by atoms with Crippen molar-refractivity contribution in [3.05, 3.63) is 95.1 Å². The highest BCUT2D eigenvalue weighted by molar-refractivity contribution is 7.80. The molecule has 0 saturated heterocycles. The second kappa shape index (κ2) is 10.6. The maximum atomic E-state index is 13.0. The van der Waals surface area contributed by atoms with E-state index in [1.165, 1.54) is 11.1 Å². The molecule has 0 fully saturated rings. The van der Waals surface area contributed by atoms with Crippen LogP contribution in [0, 0.1) is 6.92 Å². The van der Waals surface area contributed by atoms with E-state index >= 15 is 0 Å². The van der Waals surface area contributed by atoms with Gasteiger partial charge in [0, 0.05) is 16.8 Å². The van der Waals surface area contributed by atoms with E-state index in [1.54, 1.807) is 0 Å². The number of anilines is 1. The number of hydrogen-bond acceptors (Lipinski definition) is 3. The van der Waals surface area contributed by atoms with E-state index in [4.69, 9.17) is 17.0 Å². The largest absolute Gasteiger partial charge is 0.491 e. The van der Waals surface area contributed by atoms with Crippen LogP contribution >= 0.6 is 12.2 Å². The van der Waals surface area contributed by atoms with Gasteiger partial charge in [0.25, 0.3) is 0 Å². The number of carbonyl (C=O) groups excluding carboxylic acids is 1. The molecule has 0 heterocycles. The van der Waals surface area contributed by atoms with Gasteiger partial charge >= 0.3 is 0 Å². The van der Waals surface area contributed by atoms with Crippen molar-refractivity contribution >= 4 is 28.8 Å². The Morgan fingerprint density at radius 1 is 0.970 bits per heavy atom. The number of rotatable bonds is 7. The van der Waals surface area contributed by atoms with E-state index in [0.29, 0.717) is 22.8 Å². The molecular formula is C28H32N2O2S. The molecule has 3 aromatic rings. The first-order valence-electron chi connectivity index (χ1n) is 11.1. The highest BCUT2D eigenvalue weighted by atomic mass is 32.1. The van der Waals surface area contributed by atoms with Crippen molar-refractivity contribution in [1.29, 1.82) is 0 Å². The summed E-state index contributed by atoms with van der Waals surface area (Å²) in [6.45, 7) is 11.0. The summed E-state index contributed by atoms with van der Waals surface area (Å²) in [5, 5.41) is 6.87. The van der Waals surface area contributed by atoms with Crippen LogP contribution < -0.4 is 15.4 Å². The second-order valence-corrected chi connectivity index (χ2v) is 9.77. The standard InChI is InChI=1S/C28H32N2O2S/c1-19-9-15-25(16-10-19)32-18-20(2)29-27(33)30-24-8-6-7-22(17-24)26(31)21-11-13-23(14-12-21)28(3,4)5/h6-17,20H,18H2,1-5H3,(H2,29,30,33)/t20-/m1/s1. The number of nitrogens with one attached hydrogen (secondary N) is 2. The normalized spacial score (nSPS) is 12.0. The first kappa shape index (κ1) is 24.5. The van der Waals surface area contributed by atoms with Crippen molar-refractivity contribution in [3.63, 3.8) is 0 Å². The van der Waals surface area contributed by atoms with Gasteiger partial charge in [0.1, 0.15) is 12.4 Å². The summed E-state index contributed by atoms with van der Waals surface area (Å²) < 4.78 is 5.81. The molecule has 33 heavy (non-hydrogen) atoms. The molecule has 0 radical (unpaired) electrons. The van der Waals surface area contributed by atoms with Crippen LogP contribution in [0.3, 0.4) is 0 Å². The van der Waals surface area contributed by atoms with Crippen LogP contribution in [0.4, 0.5) is 5.69 Å². The van der Waals surface area contributed by atoms with Crippen LogP contribution in [0.1, 0.15) is 54.7 Å². The smallest absolute Gasteiger partial charge is 0.193 e. The molecule has 0 bridgehead atoms. The maximum Gasteiger partial charge on any atom is 0.193 e. The molecule has 0 saturated carbocycles. The zero-order valence-electron chi connectivity index (χ0n) is 19.9. The Labute approximate surface area is 202 Å². The SMILES string of the molecule is Cc1ccc(OC[C@@H](C)NC(=S)Nc2cccc(C(=O)c3ccc(C(C)(C)C)cc3)c2)cc1. The van der Waals surface area contributed by atoms with Crippen molar-refractivity contribution in [2.75, 3.05) is 11.9 Å². The van der Waals surface area contributed by atoms with Gasteiger partial charge in [-0.2, -0.15) is 0 Å². The lowest BCUT2D eigenvalue weighted by Gasteiger charge is -2.19. The van der Waals surface area contributed by atoms with E-state index < -0.39 is 0 Å². The van der Waals surface area contributed by atoms with E-state index in [0.717, 1.165) is 11.4 Å². The molecule has 2 N–H and O–H groups in total. The second-order valence-electron chi connectivity index (χ2n) is 9.36. The average Bonchev–Trinajstić information content (AvgIpc) is 2.78. The van der Waals surface area contributed by atoms with Crippen LogP contribution in [0.5, 0.6) is 5.75 Å². The summed E-state index contributed by atoms with van der Waals surface area (Å²) >= 11 is 5.45. The number of benzene rings is 3. The minimum absolute atomic E-state index is 0.0115. The summed E-state index contributed by atoms with van der Waals surface area (Å²) in [6.07, 6.45) is 0. The van der Waals surface area contributed by atoms with Gasteiger partial charge in [-0.15, -0.1) is 0 Å². The van der Waals surface area contributed by atoms with E-state index in [9.17, 15) is 4.79 Å². The first-order chi connectivity index (χ1) is 15.6. The molecule has 5 heteroatoms. The molecule has 172 valence electrons. The van der Waals surface area contributed by atoms with Crippen molar-refractivity contribution in [2.24, 2.45) is 0 Å². The van der Waals surface area contributed by atoms with E-state index in [1.807, 2.05) is 86.6 Å². The molecule has 0 aliphatic carbocycles. The van der Waals surface area contributed by atoms with E-state index in [-0.39, 0.29) is 17.2 Å². The van der Waals surface area contributed by atoms with Crippen LogP contribution in [0.25, 0.3) is 0 Å². The van der Waals surface area contributed by atoms with Crippen molar-refractivity contribution < 1.29 is 9.53 Å². The molecular weight excluding hydrogens is 428 g/mol. The van der Waals surface area contributed by atoms with Crippen molar-refractivity contribution in [2.45, 2.75) is 46.1 Å². The fourth-order valence-corrected chi connectivity index (χ4v) is 3.63. The zero-order chi connectivity index (χ0) is 24.0. The molecule has 0 unspecified atom stereocenters. The Balaban J connectivity index is 1.57. The molecule has 4 nitrogen and oxygen atoms in total. The lowest BCUT2D eigenvalue weighted by molar-refractivity contribution is 0.103. The van der Waals surface area contributed by atoms with Gasteiger partial charge in [-0.05, 0) is 61.3 Å². The quantitative estimate of drug-likeness (QED) is 0.321. The Kier molecular flexibility index (Phi) is 7.88. The summed E-state index contributed by atoms with van der Waals surface area (Å²) in [4.78, 5) is 13.0. The minimum Gasteiger partial charge on any atom is -0.491 e. The van der Waals surface area contributed by atoms with Gasteiger partial charge in [0.15, 0.2) is 10.9 Å². The third kappa shape index (κ3) is 7.16. The highest BCUT2D eigenvalue weighted by Gasteiger charge is 2.15. The Bertz CT molecular complexity index is 1100. The third-order valence-corrected chi connectivity index (χ3v) is 5.51. The lowest BCUT2D eigenvalue weighted by atomic mass is 9.86. The Morgan fingerprint density at radius 2 is 1.64 bits per heavy atom. The van der Waals surface area contributed by atoms with Gasteiger partial charge in [-0.25, -0.2) is 0 Å². The van der Waals surface area contributed by atoms with Crippen molar-refractivity contribution in [1.82, 2.24) is 5.32 Å². The summed E-state index contributed by atoms with van der Waals surface area (Å²) in [7, 11) is 0. The van der Waals surface area contributed by atoms with Gasteiger partial charge in [0.05, 0.1) is 6.04 Å². The molecule has 0 aliphatic rings. The summed E-state index contributed by atoms with van der Waals surface area (Å²) in [6, 6.07) is 23.2. The van der Waals surface area contributed by atoms with Gasteiger partial charge in [-0.3, -0.25) is 4.79 Å². The van der Waals surface area contributed by atoms with Crippen molar-refractivity contribution in [3.8, 4) is 5.75 Å². The van der Waals surface area contributed by atoms with Crippen LogP contribution in [-0.4, -0.2) is 23.5 Å². The van der Waals surface area contributed by atoms with Crippen LogP contribution in [0.15, 0.2) is 72.8 Å². The van der Waals surface area contributed by atoms with E-state index in [2.05, 4.69) is 31.4 Å². The number of thiocarbonyl (C=S) groups is 1. The Morgan fingerprint density at radius 3 is 2.27 bits per heavy atom. The fraction of sp³-hybridized carbons (Fsp3) is 0.286. The predicted octanol–water partition coefficient (Wildman–Crippen LogP) is 6.28. The summed E-state index contributed by atoms with van der Waals surface area (Å²) in [5.41, 5.74) is 4.49. The lowest BCUT2D eigenvalue weighted by Crippen LogP contribution is -2.39. The van der Waals surface area contributed by atoms with Gasteiger partial charge in [0.2, 0.25) is 0 Å². The number of ketones is 1. The predicted molar refractivity (Wildman–Crippen MR) is 141 cm³/mol. The molecule has 1 atom stereocenters. The minimum atomic E-state index is -0.0159. The molecule has 3 aromatic carbocycles. The Hall–Kier alpha value is -3.18. The molecule has 3 rings (SSSR count). The monoisotopic (exact) mass is 460 g/mol. The molecule has 0 amide bonds. The third-order valence-electron chi connectivity index (χ3n) is 5.29. The van der Waals surface area contributed by atoms with Crippen LogP contribution in [0.2, 0.25) is 0 Å². The zero-order valence-corrected chi connectivity index (χ0v) is 20.8. The summed E-state index contributed by atoms with van der Waals surface area (Å²) in [5.74, 6) is 0.813. The molecule has 0 aromatic heterocycles. The first-order valence-corrected chi connectivity index (χ1v) is 11.5. The van der Waals surface area contributed by atoms with Gasteiger partial charge < -0.3 is 15.4 Å². The molecule has 0 aliphatic heterocycles. The topological polar surface area (TPSA) is 50.4 Å².